The highest BCUT2D eigenvalue weighted by Crippen LogP contribution is 2.45. The number of aromatic nitrogens is 2. The lowest BCUT2D eigenvalue weighted by Gasteiger charge is -2.35. The van der Waals surface area contributed by atoms with Crippen LogP contribution in [0.2, 0.25) is 0 Å². The van der Waals surface area contributed by atoms with E-state index in [0.29, 0.717) is 19.6 Å². The Hall–Kier alpha value is -2.71. The lowest BCUT2D eigenvalue weighted by molar-refractivity contribution is -0.141. The number of anilines is 2. The molecule has 1 N–H and O–H groups in total. The standard InChI is InChI=1S/C25H32N4O3S/c1-15-11-18(19(32-6)12-16(15)2)28-22-21-17-7-8-25(3,24(30)29(4)9-10-31-5)13-20(17)33-23(21)27-14-26-22/h11-12,14H,7-10,13H2,1-6H3,(H,26,27,28). The molecular formula is C25H32N4O3S. The monoisotopic (exact) mass is 468 g/mol. The number of nitrogens with zero attached hydrogens (tertiary/aromatic N) is 3. The van der Waals surface area contributed by atoms with Gasteiger partial charge in [-0.3, -0.25) is 4.79 Å². The first-order chi connectivity index (χ1) is 15.8. The Labute approximate surface area is 199 Å². The molecule has 0 saturated heterocycles. The van der Waals surface area contributed by atoms with E-state index >= 15 is 0 Å². The van der Waals surface area contributed by atoms with E-state index in [1.54, 1.807) is 36.8 Å². The van der Waals surface area contributed by atoms with Crippen LogP contribution >= 0.6 is 11.3 Å². The van der Waals surface area contributed by atoms with Gasteiger partial charge in [-0.05, 0) is 61.9 Å². The van der Waals surface area contributed by atoms with Gasteiger partial charge < -0.3 is 19.7 Å². The molecule has 176 valence electrons. The summed E-state index contributed by atoms with van der Waals surface area (Å²) in [5, 5.41) is 4.55. The topological polar surface area (TPSA) is 76.6 Å². The van der Waals surface area contributed by atoms with Gasteiger partial charge in [-0.2, -0.15) is 0 Å². The maximum absolute atomic E-state index is 13.2. The zero-order valence-corrected chi connectivity index (χ0v) is 21.1. The molecule has 1 atom stereocenters. The van der Waals surface area contributed by atoms with Crippen molar-refractivity contribution in [2.24, 2.45) is 5.41 Å². The highest BCUT2D eigenvalue weighted by molar-refractivity contribution is 7.19. The highest BCUT2D eigenvalue weighted by atomic mass is 32.1. The first-order valence-electron chi connectivity index (χ1n) is 11.2. The van der Waals surface area contributed by atoms with E-state index in [-0.39, 0.29) is 5.91 Å². The van der Waals surface area contributed by atoms with Crippen LogP contribution in [0.3, 0.4) is 0 Å². The second kappa shape index (κ2) is 9.27. The van der Waals surface area contributed by atoms with Crippen LogP contribution in [-0.2, 0) is 22.4 Å². The third kappa shape index (κ3) is 4.42. The summed E-state index contributed by atoms with van der Waals surface area (Å²) in [7, 11) is 5.20. The summed E-state index contributed by atoms with van der Waals surface area (Å²) >= 11 is 1.67. The summed E-state index contributed by atoms with van der Waals surface area (Å²) in [4.78, 5) is 26.3. The summed E-state index contributed by atoms with van der Waals surface area (Å²) in [6.45, 7) is 7.38. The van der Waals surface area contributed by atoms with Crippen molar-refractivity contribution in [2.75, 3.05) is 39.7 Å². The molecule has 1 aliphatic carbocycles. The number of hydrogen-bond donors (Lipinski definition) is 1. The minimum atomic E-state index is -0.422. The molecule has 4 rings (SSSR count). The highest BCUT2D eigenvalue weighted by Gasteiger charge is 2.40. The molecular weight excluding hydrogens is 436 g/mol. The van der Waals surface area contributed by atoms with Gasteiger partial charge in [0.15, 0.2) is 0 Å². The molecule has 1 aromatic carbocycles. The fourth-order valence-corrected chi connectivity index (χ4v) is 5.91. The fraction of sp³-hybridized carbons (Fsp3) is 0.480. The van der Waals surface area contributed by atoms with Gasteiger partial charge in [0, 0.05) is 25.6 Å². The number of ether oxygens (including phenoxy) is 2. The average molecular weight is 469 g/mol. The molecule has 8 heteroatoms. The van der Waals surface area contributed by atoms with Crippen molar-refractivity contribution < 1.29 is 14.3 Å². The van der Waals surface area contributed by atoms with Crippen molar-refractivity contribution >= 4 is 39.0 Å². The number of thiophene rings is 1. The molecule has 2 heterocycles. The number of carbonyl (C=O) groups is 1. The third-order valence-corrected chi connectivity index (χ3v) is 7.85. The number of methoxy groups -OCH3 is 2. The number of nitrogens with one attached hydrogen (secondary N) is 1. The molecule has 1 amide bonds. The number of amides is 1. The van der Waals surface area contributed by atoms with Crippen molar-refractivity contribution in [2.45, 2.75) is 40.0 Å². The first kappa shape index (κ1) is 23.4. The predicted octanol–water partition coefficient (Wildman–Crippen LogP) is 4.66. The third-order valence-electron chi connectivity index (χ3n) is 6.71. The van der Waals surface area contributed by atoms with E-state index in [1.165, 1.54) is 21.6 Å². The number of benzene rings is 1. The Morgan fingerprint density at radius 2 is 2.00 bits per heavy atom. The maximum atomic E-state index is 13.2. The van der Waals surface area contributed by atoms with Gasteiger partial charge in [0.25, 0.3) is 0 Å². The molecule has 33 heavy (non-hydrogen) atoms. The number of hydrogen-bond acceptors (Lipinski definition) is 7. The zero-order valence-electron chi connectivity index (χ0n) is 20.2. The number of fused-ring (bicyclic) bond motifs is 3. The minimum Gasteiger partial charge on any atom is -0.495 e. The second-order valence-electron chi connectivity index (χ2n) is 9.12. The summed E-state index contributed by atoms with van der Waals surface area (Å²) in [5.74, 6) is 1.74. The Balaban J connectivity index is 1.67. The second-order valence-corrected chi connectivity index (χ2v) is 10.2. The van der Waals surface area contributed by atoms with Crippen LogP contribution in [0.25, 0.3) is 10.2 Å². The Kier molecular flexibility index (Phi) is 6.59. The smallest absolute Gasteiger partial charge is 0.228 e. The number of aryl methyl sites for hydroxylation is 3. The van der Waals surface area contributed by atoms with Crippen LogP contribution in [-0.4, -0.2) is 55.2 Å². The average Bonchev–Trinajstić information content (AvgIpc) is 3.17. The van der Waals surface area contributed by atoms with Gasteiger partial charge in [-0.25, -0.2) is 9.97 Å². The van der Waals surface area contributed by atoms with Crippen LogP contribution < -0.4 is 10.1 Å². The lowest BCUT2D eigenvalue weighted by Crippen LogP contribution is -2.44. The molecule has 0 saturated carbocycles. The molecule has 0 aliphatic heterocycles. The summed E-state index contributed by atoms with van der Waals surface area (Å²) in [6.07, 6.45) is 3.93. The van der Waals surface area contributed by atoms with Crippen molar-refractivity contribution in [3.8, 4) is 5.75 Å². The van der Waals surface area contributed by atoms with E-state index in [9.17, 15) is 4.79 Å². The Morgan fingerprint density at radius 3 is 2.73 bits per heavy atom. The zero-order chi connectivity index (χ0) is 23.8. The van der Waals surface area contributed by atoms with Gasteiger partial charge in [0.2, 0.25) is 5.91 Å². The van der Waals surface area contributed by atoms with Crippen LogP contribution in [0, 0.1) is 19.3 Å². The summed E-state index contributed by atoms with van der Waals surface area (Å²) in [6, 6.07) is 4.13. The molecule has 0 radical (unpaired) electrons. The van der Waals surface area contributed by atoms with Gasteiger partial charge in [0.05, 0.1) is 30.2 Å². The number of rotatable bonds is 7. The van der Waals surface area contributed by atoms with Gasteiger partial charge >= 0.3 is 0 Å². The van der Waals surface area contributed by atoms with Crippen molar-refractivity contribution in [3.63, 3.8) is 0 Å². The molecule has 2 aromatic heterocycles. The maximum Gasteiger partial charge on any atom is 0.228 e. The molecule has 1 aliphatic rings. The van der Waals surface area contributed by atoms with Crippen molar-refractivity contribution in [3.05, 3.63) is 40.0 Å². The molecule has 3 aromatic rings. The number of carbonyl (C=O) groups excluding carboxylic acids is 1. The Morgan fingerprint density at radius 1 is 1.24 bits per heavy atom. The van der Waals surface area contributed by atoms with Crippen LogP contribution in [0.4, 0.5) is 11.5 Å². The fourth-order valence-electron chi connectivity index (χ4n) is 4.54. The van der Waals surface area contributed by atoms with Crippen LogP contribution in [0.15, 0.2) is 18.5 Å². The quantitative estimate of drug-likeness (QED) is 0.544. The van der Waals surface area contributed by atoms with E-state index in [1.807, 2.05) is 13.1 Å². The van der Waals surface area contributed by atoms with Crippen molar-refractivity contribution in [1.82, 2.24) is 14.9 Å². The summed E-state index contributed by atoms with van der Waals surface area (Å²) < 4.78 is 10.8. The molecule has 7 nitrogen and oxygen atoms in total. The normalized spacial score (nSPS) is 17.6. The van der Waals surface area contributed by atoms with Gasteiger partial charge in [0.1, 0.15) is 22.7 Å². The minimum absolute atomic E-state index is 0.173. The molecule has 1 unspecified atom stereocenters. The number of likely N-dealkylation sites (N-methyl/N-ethyl adjacent to an activating group) is 1. The van der Waals surface area contributed by atoms with Crippen LogP contribution in [0.1, 0.15) is 34.9 Å². The lowest BCUT2D eigenvalue weighted by atomic mass is 9.74. The molecule has 0 spiro atoms. The van der Waals surface area contributed by atoms with E-state index in [2.05, 4.69) is 42.1 Å². The molecule has 0 bridgehead atoms. The Bertz CT molecular complexity index is 1190. The van der Waals surface area contributed by atoms with E-state index in [0.717, 1.165) is 40.3 Å². The largest absolute Gasteiger partial charge is 0.495 e. The van der Waals surface area contributed by atoms with Gasteiger partial charge in [-0.15, -0.1) is 11.3 Å². The molecule has 0 fully saturated rings. The van der Waals surface area contributed by atoms with Gasteiger partial charge in [-0.1, -0.05) is 6.92 Å². The van der Waals surface area contributed by atoms with Crippen molar-refractivity contribution in [1.29, 1.82) is 0 Å². The van der Waals surface area contributed by atoms with Crippen LogP contribution in [0.5, 0.6) is 5.75 Å². The predicted molar refractivity (Wildman–Crippen MR) is 133 cm³/mol. The summed E-state index contributed by atoms with van der Waals surface area (Å²) in [5.41, 5.74) is 4.08. The SMILES string of the molecule is COCCN(C)C(=O)C1(C)CCc2c(sc3ncnc(Nc4cc(C)c(C)cc4OC)c23)C1. The first-order valence-corrected chi connectivity index (χ1v) is 12.0. The van der Waals surface area contributed by atoms with E-state index < -0.39 is 5.41 Å². The van der Waals surface area contributed by atoms with E-state index in [4.69, 9.17) is 9.47 Å².